The molecule has 0 atom stereocenters. The molecule has 0 saturated carbocycles. The first-order valence-corrected chi connectivity index (χ1v) is 8.80. The number of anilines is 1. The Kier molecular flexibility index (Phi) is 4.79. The molecule has 4 aromatic rings. The first-order chi connectivity index (χ1) is 13.2. The molecule has 0 spiro atoms. The van der Waals surface area contributed by atoms with E-state index in [1.54, 1.807) is 24.2 Å². The van der Waals surface area contributed by atoms with Crippen molar-refractivity contribution in [2.24, 2.45) is 0 Å². The fraction of sp³-hybridized carbons (Fsp3) is 0.111. The minimum atomic E-state index is 0.341. The van der Waals surface area contributed by atoms with E-state index in [9.17, 15) is 0 Å². The monoisotopic (exact) mass is 400 g/mol. The molecule has 0 saturated heterocycles. The van der Waals surface area contributed by atoms with Crippen LogP contribution in [0.25, 0.3) is 16.5 Å². The van der Waals surface area contributed by atoms with Gasteiger partial charge in [-0.15, -0.1) is 15.3 Å². The molecule has 0 aliphatic rings. The normalized spacial score (nSPS) is 10.9. The van der Waals surface area contributed by atoms with Gasteiger partial charge in [-0.25, -0.2) is 4.68 Å². The van der Waals surface area contributed by atoms with E-state index in [0.717, 1.165) is 22.0 Å². The lowest BCUT2D eigenvalue weighted by Gasteiger charge is -2.11. The van der Waals surface area contributed by atoms with Gasteiger partial charge in [-0.1, -0.05) is 34.5 Å². The molecule has 9 heteroatoms. The second-order valence-corrected chi connectivity index (χ2v) is 6.50. The standard InChI is InChI=1S/C18H14Cl2N6O/c1-27-16-5-2-11(8-15(16)19)10-21-18-14-9-12(26-7-6-22-25-26)3-4-13(14)17(20)23-24-18/h2-9H,10H2,1H3,(H,21,24). The van der Waals surface area contributed by atoms with Crippen LogP contribution in [0.4, 0.5) is 5.82 Å². The molecule has 0 unspecified atom stereocenters. The van der Waals surface area contributed by atoms with Crippen LogP contribution in [0.5, 0.6) is 5.75 Å². The molecule has 0 aliphatic heterocycles. The Labute approximate surface area is 164 Å². The van der Waals surface area contributed by atoms with E-state index in [0.29, 0.717) is 28.3 Å². The highest BCUT2D eigenvalue weighted by atomic mass is 35.5. The summed E-state index contributed by atoms with van der Waals surface area (Å²) >= 11 is 12.4. The van der Waals surface area contributed by atoms with E-state index in [2.05, 4.69) is 25.8 Å². The lowest BCUT2D eigenvalue weighted by molar-refractivity contribution is 0.415. The van der Waals surface area contributed by atoms with Crippen LogP contribution in [0.2, 0.25) is 10.2 Å². The molecule has 0 fully saturated rings. The predicted octanol–water partition coefficient (Wildman–Crippen LogP) is 4.14. The average molecular weight is 401 g/mol. The van der Waals surface area contributed by atoms with Crippen LogP contribution in [0.15, 0.2) is 48.8 Å². The summed E-state index contributed by atoms with van der Waals surface area (Å²) in [5.41, 5.74) is 1.83. The minimum absolute atomic E-state index is 0.341. The Bertz CT molecular complexity index is 1100. The van der Waals surface area contributed by atoms with Gasteiger partial charge in [-0.2, -0.15) is 0 Å². The molecule has 136 valence electrons. The lowest BCUT2D eigenvalue weighted by atomic mass is 10.1. The number of nitrogens with zero attached hydrogens (tertiary/aromatic N) is 5. The minimum Gasteiger partial charge on any atom is -0.495 e. The highest BCUT2D eigenvalue weighted by Gasteiger charge is 2.10. The number of hydrogen-bond acceptors (Lipinski definition) is 6. The third kappa shape index (κ3) is 3.51. The van der Waals surface area contributed by atoms with Crippen LogP contribution in [0.1, 0.15) is 5.56 Å². The molecule has 4 rings (SSSR count). The fourth-order valence-corrected chi connectivity index (χ4v) is 3.22. The first kappa shape index (κ1) is 17.5. The Balaban J connectivity index is 1.67. The van der Waals surface area contributed by atoms with Gasteiger partial charge in [0.05, 0.1) is 30.2 Å². The number of methoxy groups -OCH3 is 1. The summed E-state index contributed by atoms with van der Waals surface area (Å²) < 4.78 is 6.85. The van der Waals surface area contributed by atoms with Crippen LogP contribution in [-0.2, 0) is 6.54 Å². The van der Waals surface area contributed by atoms with Crippen LogP contribution in [-0.4, -0.2) is 32.3 Å². The van der Waals surface area contributed by atoms with Gasteiger partial charge < -0.3 is 10.1 Å². The number of fused-ring (bicyclic) bond motifs is 1. The number of hydrogen-bond donors (Lipinski definition) is 1. The van der Waals surface area contributed by atoms with Crippen molar-refractivity contribution < 1.29 is 4.74 Å². The number of nitrogens with one attached hydrogen (secondary N) is 1. The summed E-state index contributed by atoms with van der Waals surface area (Å²) in [5, 5.41) is 21.9. The van der Waals surface area contributed by atoms with Crippen molar-refractivity contribution in [3.8, 4) is 11.4 Å². The van der Waals surface area contributed by atoms with Gasteiger partial charge in [-0.05, 0) is 35.9 Å². The van der Waals surface area contributed by atoms with E-state index in [1.165, 1.54) is 0 Å². The maximum atomic E-state index is 6.21. The number of rotatable bonds is 5. The Morgan fingerprint density at radius 3 is 2.70 bits per heavy atom. The van der Waals surface area contributed by atoms with Gasteiger partial charge in [0.25, 0.3) is 0 Å². The van der Waals surface area contributed by atoms with E-state index in [4.69, 9.17) is 27.9 Å². The van der Waals surface area contributed by atoms with Gasteiger partial charge in [0, 0.05) is 17.3 Å². The molecule has 0 amide bonds. The van der Waals surface area contributed by atoms with Crippen molar-refractivity contribution in [2.75, 3.05) is 12.4 Å². The number of benzene rings is 2. The van der Waals surface area contributed by atoms with Crippen molar-refractivity contribution in [3.05, 3.63) is 64.5 Å². The van der Waals surface area contributed by atoms with Crippen LogP contribution < -0.4 is 10.1 Å². The second-order valence-electron chi connectivity index (χ2n) is 5.74. The van der Waals surface area contributed by atoms with Crippen molar-refractivity contribution >= 4 is 39.8 Å². The zero-order valence-electron chi connectivity index (χ0n) is 14.2. The molecule has 0 aliphatic carbocycles. The average Bonchev–Trinajstić information content (AvgIpc) is 3.22. The zero-order valence-corrected chi connectivity index (χ0v) is 15.7. The third-order valence-electron chi connectivity index (χ3n) is 4.08. The molecule has 0 bridgehead atoms. The van der Waals surface area contributed by atoms with Crippen LogP contribution in [0.3, 0.4) is 0 Å². The van der Waals surface area contributed by atoms with E-state index in [-0.39, 0.29) is 0 Å². The van der Waals surface area contributed by atoms with Gasteiger partial charge >= 0.3 is 0 Å². The highest BCUT2D eigenvalue weighted by Crippen LogP contribution is 2.29. The van der Waals surface area contributed by atoms with Crippen molar-refractivity contribution in [2.45, 2.75) is 6.54 Å². The molecule has 1 N–H and O–H groups in total. The summed E-state index contributed by atoms with van der Waals surface area (Å²) in [4.78, 5) is 0. The summed E-state index contributed by atoms with van der Waals surface area (Å²) in [7, 11) is 1.58. The van der Waals surface area contributed by atoms with Gasteiger partial charge in [0.15, 0.2) is 11.0 Å². The lowest BCUT2D eigenvalue weighted by Crippen LogP contribution is -2.04. The number of ether oxygens (including phenoxy) is 1. The summed E-state index contributed by atoms with van der Waals surface area (Å²) in [6, 6.07) is 11.3. The van der Waals surface area contributed by atoms with Gasteiger partial charge in [0.2, 0.25) is 0 Å². The predicted molar refractivity (Wildman–Crippen MR) is 105 cm³/mol. The maximum Gasteiger partial charge on any atom is 0.159 e. The Morgan fingerprint density at radius 1 is 1.07 bits per heavy atom. The molecule has 2 heterocycles. The first-order valence-electron chi connectivity index (χ1n) is 8.04. The molecule has 27 heavy (non-hydrogen) atoms. The summed E-state index contributed by atoms with van der Waals surface area (Å²) in [6.07, 6.45) is 3.39. The molecule has 2 aromatic carbocycles. The second kappa shape index (κ2) is 7.38. The summed E-state index contributed by atoms with van der Waals surface area (Å²) in [5.74, 6) is 1.25. The molecular formula is C18H14Cl2N6O. The largest absolute Gasteiger partial charge is 0.495 e. The number of halogens is 2. The SMILES string of the molecule is COc1ccc(CNc2nnc(Cl)c3ccc(-n4ccnn4)cc23)cc1Cl. The quantitative estimate of drug-likeness (QED) is 0.542. The van der Waals surface area contributed by atoms with Crippen molar-refractivity contribution in [1.82, 2.24) is 25.2 Å². The number of aromatic nitrogens is 5. The van der Waals surface area contributed by atoms with Crippen LogP contribution in [0, 0.1) is 0 Å². The van der Waals surface area contributed by atoms with Crippen LogP contribution >= 0.6 is 23.2 Å². The Hall–Kier alpha value is -2.90. The Morgan fingerprint density at radius 2 is 1.96 bits per heavy atom. The molecular weight excluding hydrogens is 387 g/mol. The summed E-state index contributed by atoms with van der Waals surface area (Å²) in [6.45, 7) is 0.517. The fourth-order valence-electron chi connectivity index (χ4n) is 2.73. The molecule has 0 radical (unpaired) electrons. The maximum absolute atomic E-state index is 6.21. The molecule has 7 nitrogen and oxygen atoms in total. The van der Waals surface area contributed by atoms with Crippen molar-refractivity contribution in [3.63, 3.8) is 0 Å². The highest BCUT2D eigenvalue weighted by molar-refractivity contribution is 6.34. The van der Waals surface area contributed by atoms with Gasteiger partial charge in [0.1, 0.15) is 5.75 Å². The zero-order chi connectivity index (χ0) is 18.8. The van der Waals surface area contributed by atoms with E-state index < -0.39 is 0 Å². The van der Waals surface area contributed by atoms with E-state index >= 15 is 0 Å². The molecule has 2 aromatic heterocycles. The van der Waals surface area contributed by atoms with E-state index in [1.807, 2.05) is 36.4 Å². The van der Waals surface area contributed by atoms with Gasteiger partial charge in [-0.3, -0.25) is 0 Å². The smallest absolute Gasteiger partial charge is 0.159 e. The topological polar surface area (TPSA) is 77.8 Å². The van der Waals surface area contributed by atoms with Crippen molar-refractivity contribution in [1.29, 1.82) is 0 Å². The third-order valence-corrected chi connectivity index (χ3v) is 4.66.